The van der Waals surface area contributed by atoms with E-state index in [0.717, 1.165) is 25.7 Å². The van der Waals surface area contributed by atoms with Crippen molar-refractivity contribution in [1.29, 1.82) is 0 Å². The van der Waals surface area contributed by atoms with Crippen molar-refractivity contribution < 1.29 is 29.6 Å². The number of nitrogens with one attached hydrogen (secondary N) is 1. The van der Waals surface area contributed by atoms with E-state index in [9.17, 15) is 20.1 Å². The van der Waals surface area contributed by atoms with Crippen molar-refractivity contribution in [2.24, 2.45) is 0 Å². The van der Waals surface area contributed by atoms with Crippen LogP contribution in [0, 0.1) is 0 Å². The number of hydrogen-bond acceptors (Lipinski definition) is 6. The Labute approximate surface area is 172 Å². The molecule has 4 N–H and O–H groups in total. The summed E-state index contributed by atoms with van der Waals surface area (Å²) in [5.74, 6) is 0.271. The van der Waals surface area contributed by atoms with E-state index in [0.29, 0.717) is 16.9 Å². The number of hydrogen-bond donors (Lipinski definition) is 4. The first-order valence-electron chi connectivity index (χ1n) is 10.0. The third kappa shape index (κ3) is 6.11. The number of aromatic hydroxyl groups is 1. The van der Waals surface area contributed by atoms with Gasteiger partial charge in [-0.2, -0.15) is 0 Å². The number of rotatable bonds is 8. The monoisotopic (exact) mass is 407 g/mol. The first-order valence-corrected chi connectivity index (χ1v) is 10.0. The number of aliphatic hydroxyl groups is 2. The van der Waals surface area contributed by atoms with Crippen molar-refractivity contribution >= 4 is 12.0 Å². The zero-order valence-corrected chi connectivity index (χ0v) is 17.7. The Balaban J connectivity index is 2.30. The van der Waals surface area contributed by atoms with Crippen LogP contribution in [0.4, 0.5) is 0 Å². The zero-order chi connectivity index (χ0) is 21.6. The van der Waals surface area contributed by atoms with Gasteiger partial charge >= 0.3 is 0 Å². The minimum Gasteiger partial charge on any atom is -0.507 e. The van der Waals surface area contributed by atoms with Gasteiger partial charge in [0.1, 0.15) is 17.2 Å². The standard InChI is InChI=1S/C22H33NO6/c1-22(2,27)19(25)12-16-18(28-3)13-17(24)15(21(16)29-4)10-11-20(26)23-14-8-6-5-7-9-14/h10-11,13-14,19,24-25,27H,5-9,12H2,1-4H3,(H,23,26)/b11-10+/t19-/m0/s1. The largest absolute Gasteiger partial charge is 0.507 e. The Hall–Kier alpha value is -2.25. The summed E-state index contributed by atoms with van der Waals surface area (Å²) in [6.07, 6.45) is 7.24. The molecule has 1 aromatic carbocycles. The molecule has 0 bridgehead atoms. The number of ether oxygens (including phenoxy) is 2. The number of benzene rings is 1. The minimum atomic E-state index is -1.33. The van der Waals surface area contributed by atoms with E-state index in [1.165, 1.54) is 52.7 Å². The Morgan fingerprint density at radius 1 is 1.28 bits per heavy atom. The van der Waals surface area contributed by atoms with Crippen molar-refractivity contribution in [3.8, 4) is 17.2 Å². The maximum atomic E-state index is 12.3. The summed E-state index contributed by atoms with van der Waals surface area (Å²) in [7, 11) is 2.88. The van der Waals surface area contributed by atoms with Gasteiger partial charge in [0.15, 0.2) is 0 Å². The summed E-state index contributed by atoms with van der Waals surface area (Å²) in [5, 5.41) is 33.8. The Morgan fingerprint density at radius 2 is 1.93 bits per heavy atom. The van der Waals surface area contributed by atoms with Crippen LogP contribution in [-0.4, -0.2) is 53.2 Å². The van der Waals surface area contributed by atoms with Gasteiger partial charge in [-0.25, -0.2) is 0 Å². The number of amides is 1. The molecule has 7 nitrogen and oxygen atoms in total. The van der Waals surface area contributed by atoms with Crippen LogP contribution in [-0.2, 0) is 11.2 Å². The number of carbonyl (C=O) groups excluding carboxylic acids is 1. The van der Waals surface area contributed by atoms with Crippen LogP contribution in [0.1, 0.15) is 57.1 Å². The number of methoxy groups -OCH3 is 2. The molecule has 0 unspecified atom stereocenters. The maximum absolute atomic E-state index is 12.3. The summed E-state index contributed by atoms with van der Waals surface area (Å²) in [6, 6.07) is 1.60. The van der Waals surface area contributed by atoms with Crippen molar-refractivity contribution in [2.45, 2.75) is 70.1 Å². The Bertz CT molecular complexity index is 732. The van der Waals surface area contributed by atoms with Crippen molar-refractivity contribution in [2.75, 3.05) is 14.2 Å². The van der Waals surface area contributed by atoms with Gasteiger partial charge in [-0.3, -0.25) is 4.79 Å². The summed E-state index contributed by atoms with van der Waals surface area (Å²) >= 11 is 0. The van der Waals surface area contributed by atoms with Gasteiger partial charge in [0.2, 0.25) is 5.91 Å². The van der Waals surface area contributed by atoms with Crippen LogP contribution in [0.3, 0.4) is 0 Å². The molecule has 2 rings (SSSR count). The highest BCUT2D eigenvalue weighted by molar-refractivity contribution is 5.93. The molecule has 1 atom stereocenters. The van der Waals surface area contributed by atoms with Crippen LogP contribution in [0.15, 0.2) is 12.1 Å². The molecule has 0 aliphatic heterocycles. The predicted octanol–water partition coefficient (Wildman–Crippen LogP) is 2.55. The van der Waals surface area contributed by atoms with E-state index in [1.807, 2.05) is 0 Å². The number of aliphatic hydroxyl groups excluding tert-OH is 1. The van der Waals surface area contributed by atoms with E-state index >= 15 is 0 Å². The first kappa shape index (κ1) is 23.0. The second-order valence-electron chi connectivity index (χ2n) is 8.07. The molecule has 1 fully saturated rings. The molecule has 0 aromatic heterocycles. The smallest absolute Gasteiger partial charge is 0.244 e. The van der Waals surface area contributed by atoms with Crippen molar-refractivity contribution in [1.82, 2.24) is 5.32 Å². The van der Waals surface area contributed by atoms with E-state index in [1.54, 1.807) is 0 Å². The summed E-state index contributed by atoms with van der Waals surface area (Å²) < 4.78 is 10.8. The van der Waals surface area contributed by atoms with E-state index in [4.69, 9.17) is 9.47 Å². The Morgan fingerprint density at radius 3 is 2.48 bits per heavy atom. The van der Waals surface area contributed by atoms with E-state index in [-0.39, 0.29) is 29.9 Å². The normalized spacial score (nSPS) is 16.6. The van der Waals surface area contributed by atoms with E-state index in [2.05, 4.69) is 5.32 Å². The fourth-order valence-corrected chi connectivity index (χ4v) is 3.55. The zero-order valence-electron chi connectivity index (χ0n) is 17.7. The highest BCUT2D eigenvalue weighted by atomic mass is 16.5. The number of carbonyl (C=O) groups is 1. The van der Waals surface area contributed by atoms with Gasteiger partial charge in [-0.1, -0.05) is 19.3 Å². The molecular formula is C22H33NO6. The summed E-state index contributed by atoms with van der Waals surface area (Å²) in [4.78, 5) is 12.3. The molecule has 0 radical (unpaired) electrons. The Kier molecular flexibility index (Phi) is 7.93. The van der Waals surface area contributed by atoms with E-state index < -0.39 is 11.7 Å². The predicted molar refractivity (Wildman–Crippen MR) is 111 cm³/mol. The molecular weight excluding hydrogens is 374 g/mol. The molecule has 1 saturated carbocycles. The fourth-order valence-electron chi connectivity index (χ4n) is 3.55. The molecule has 1 aliphatic rings. The van der Waals surface area contributed by atoms with Crippen LogP contribution >= 0.6 is 0 Å². The van der Waals surface area contributed by atoms with Crippen LogP contribution in [0.2, 0.25) is 0 Å². The molecule has 162 valence electrons. The van der Waals surface area contributed by atoms with Gasteiger partial charge in [-0.05, 0) is 32.8 Å². The fraction of sp³-hybridized carbons (Fsp3) is 0.591. The average Bonchev–Trinajstić information content (AvgIpc) is 2.67. The summed E-state index contributed by atoms with van der Waals surface area (Å²) in [5.41, 5.74) is -0.524. The van der Waals surface area contributed by atoms with Gasteiger partial charge in [0.25, 0.3) is 0 Å². The average molecular weight is 408 g/mol. The molecule has 0 saturated heterocycles. The lowest BCUT2D eigenvalue weighted by Crippen LogP contribution is -2.37. The van der Waals surface area contributed by atoms with Gasteiger partial charge < -0.3 is 30.1 Å². The molecule has 1 aliphatic carbocycles. The van der Waals surface area contributed by atoms with Gasteiger partial charge in [0, 0.05) is 30.2 Å². The SMILES string of the molecule is COc1cc(O)c(/C=C/C(=O)NC2CCCCC2)c(OC)c1C[C@H](O)C(C)(C)O. The lowest BCUT2D eigenvalue weighted by atomic mass is 9.92. The number of phenolic OH excluding ortho intramolecular Hbond substituents is 1. The molecule has 7 heteroatoms. The molecule has 29 heavy (non-hydrogen) atoms. The third-order valence-electron chi connectivity index (χ3n) is 5.35. The van der Waals surface area contributed by atoms with Crippen LogP contribution in [0.5, 0.6) is 17.2 Å². The highest BCUT2D eigenvalue weighted by Crippen LogP contribution is 2.40. The molecule has 0 heterocycles. The quantitative estimate of drug-likeness (QED) is 0.493. The highest BCUT2D eigenvalue weighted by Gasteiger charge is 2.29. The third-order valence-corrected chi connectivity index (χ3v) is 5.35. The first-order chi connectivity index (χ1) is 13.7. The molecule has 0 spiro atoms. The lowest BCUT2D eigenvalue weighted by molar-refractivity contribution is -0.117. The van der Waals surface area contributed by atoms with Crippen molar-refractivity contribution in [3.63, 3.8) is 0 Å². The summed E-state index contributed by atoms with van der Waals surface area (Å²) in [6.45, 7) is 3.01. The molecule has 1 amide bonds. The minimum absolute atomic E-state index is 0.0469. The maximum Gasteiger partial charge on any atom is 0.244 e. The van der Waals surface area contributed by atoms with Gasteiger partial charge in [-0.15, -0.1) is 0 Å². The van der Waals surface area contributed by atoms with Crippen LogP contribution < -0.4 is 14.8 Å². The second-order valence-corrected chi connectivity index (χ2v) is 8.07. The number of phenols is 1. The van der Waals surface area contributed by atoms with Crippen molar-refractivity contribution in [3.05, 3.63) is 23.3 Å². The molecule has 1 aromatic rings. The topological polar surface area (TPSA) is 108 Å². The van der Waals surface area contributed by atoms with Crippen LogP contribution in [0.25, 0.3) is 6.08 Å². The lowest BCUT2D eigenvalue weighted by Gasteiger charge is -2.26. The second kappa shape index (κ2) is 9.98. The van der Waals surface area contributed by atoms with Gasteiger partial charge in [0.05, 0.1) is 31.5 Å².